The smallest absolute Gasteiger partial charge is 0.348 e. The Hall–Kier alpha value is -2.92. The van der Waals surface area contributed by atoms with Crippen molar-refractivity contribution >= 4 is 74.7 Å². The third-order valence-electron chi connectivity index (χ3n) is 4.49. The highest BCUT2D eigenvalue weighted by Crippen LogP contribution is 2.34. The summed E-state index contributed by atoms with van der Waals surface area (Å²) in [7, 11) is 1.24. The number of carbonyl (C=O) groups excluding carboxylic acids is 3. The van der Waals surface area contributed by atoms with Crippen molar-refractivity contribution in [3.8, 4) is 11.3 Å². The Morgan fingerprint density at radius 1 is 1.12 bits per heavy atom. The van der Waals surface area contributed by atoms with Crippen LogP contribution in [0.3, 0.4) is 0 Å². The molecule has 2 aromatic heterocycles. The molecule has 2 N–H and O–H groups in total. The molecule has 0 atom stereocenters. The number of halogens is 2. The van der Waals surface area contributed by atoms with E-state index in [0.29, 0.717) is 26.9 Å². The van der Waals surface area contributed by atoms with Crippen molar-refractivity contribution in [3.05, 3.63) is 62.1 Å². The molecule has 12 heteroatoms. The number of furan rings is 1. The summed E-state index contributed by atoms with van der Waals surface area (Å²) in [6, 6.07) is 8.02. The van der Waals surface area contributed by atoms with E-state index in [4.69, 9.17) is 49.3 Å². The maximum Gasteiger partial charge on any atom is 0.348 e. The minimum absolute atomic E-state index is 0.00607. The molecule has 0 spiro atoms. The summed E-state index contributed by atoms with van der Waals surface area (Å²) < 4.78 is 15.5. The SMILES string of the molecule is CCOC(=O)c1c(NC(=S)NC(=O)c2ccc(-c3ccc(Cl)c(Cl)c3)o2)sc(C(=O)OC)c1C. The average Bonchev–Trinajstić information content (AvgIpc) is 3.40. The Morgan fingerprint density at radius 3 is 2.50 bits per heavy atom. The molecule has 8 nitrogen and oxygen atoms in total. The van der Waals surface area contributed by atoms with E-state index in [-0.39, 0.29) is 32.9 Å². The third-order valence-corrected chi connectivity index (χ3v) is 6.62. The zero-order valence-corrected chi connectivity index (χ0v) is 21.3. The van der Waals surface area contributed by atoms with Gasteiger partial charge in [-0.25, -0.2) is 9.59 Å². The molecule has 0 unspecified atom stereocenters. The van der Waals surface area contributed by atoms with Crippen molar-refractivity contribution in [2.45, 2.75) is 13.8 Å². The predicted octanol–water partition coefficient (Wildman–Crippen LogP) is 5.71. The van der Waals surface area contributed by atoms with Crippen LogP contribution in [0, 0.1) is 6.92 Å². The van der Waals surface area contributed by atoms with E-state index >= 15 is 0 Å². The van der Waals surface area contributed by atoms with Gasteiger partial charge in [-0.05, 0) is 62.0 Å². The predicted molar refractivity (Wildman–Crippen MR) is 134 cm³/mol. The fraction of sp³-hybridized carbons (Fsp3) is 0.182. The summed E-state index contributed by atoms with van der Waals surface area (Å²) in [6.45, 7) is 3.39. The lowest BCUT2D eigenvalue weighted by atomic mass is 10.1. The number of hydrogen-bond donors (Lipinski definition) is 2. The van der Waals surface area contributed by atoms with Gasteiger partial charge in [-0.2, -0.15) is 0 Å². The first-order valence-corrected chi connectivity index (χ1v) is 11.7. The van der Waals surface area contributed by atoms with Gasteiger partial charge < -0.3 is 19.2 Å². The second-order valence-corrected chi connectivity index (χ2v) is 8.92. The molecule has 3 aromatic rings. The molecule has 1 amide bonds. The third kappa shape index (κ3) is 5.58. The lowest BCUT2D eigenvalue weighted by Crippen LogP contribution is -2.34. The summed E-state index contributed by atoms with van der Waals surface area (Å²) in [5, 5.41) is 6.13. The Balaban J connectivity index is 1.77. The molecule has 2 heterocycles. The minimum Gasteiger partial charge on any atom is -0.465 e. The first kappa shape index (κ1) is 25.7. The van der Waals surface area contributed by atoms with E-state index in [1.165, 1.54) is 13.2 Å². The molecular formula is C22H18Cl2N2O6S2. The molecule has 0 aliphatic rings. The highest BCUT2D eigenvalue weighted by atomic mass is 35.5. The van der Waals surface area contributed by atoms with E-state index in [1.54, 1.807) is 38.1 Å². The highest BCUT2D eigenvalue weighted by molar-refractivity contribution is 7.80. The monoisotopic (exact) mass is 540 g/mol. The van der Waals surface area contributed by atoms with Gasteiger partial charge in [0.15, 0.2) is 10.9 Å². The van der Waals surface area contributed by atoms with Crippen molar-refractivity contribution < 1.29 is 28.3 Å². The van der Waals surface area contributed by atoms with Gasteiger partial charge in [-0.15, -0.1) is 11.3 Å². The van der Waals surface area contributed by atoms with Gasteiger partial charge in [0.2, 0.25) is 0 Å². The highest BCUT2D eigenvalue weighted by Gasteiger charge is 2.27. The maximum absolute atomic E-state index is 12.6. The van der Waals surface area contributed by atoms with E-state index in [9.17, 15) is 14.4 Å². The molecule has 0 bridgehead atoms. The molecule has 34 heavy (non-hydrogen) atoms. The molecule has 3 rings (SSSR count). The fourth-order valence-corrected chi connectivity index (χ4v) is 4.58. The second kappa shape index (κ2) is 11.0. The molecule has 0 fully saturated rings. The molecule has 1 aromatic carbocycles. The van der Waals surface area contributed by atoms with Crippen molar-refractivity contribution in [1.29, 1.82) is 0 Å². The summed E-state index contributed by atoms with van der Waals surface area (Å²) >= 11 is 18.1. The molecular weight excluding hydrogens is 523 g/mol. The minimum atomic E-state index is -0.639. The number of carbonyl (C=O) groups is 3. The fourth-order valence-electron chi connectivity index (χ4n) is 2.90. The van der Waals surface area contributed by atoms with Crippen molar-refractivity contribution in [2.24, 2.45) is 0 Å². The van der Waals surface area contributed by atoms with Gasteiger partial charge in [-0.3, -0.25) is 10.1 Å². The number of thiocarbonyl (C=S) groups is 1. The van der Waals surface area contributed by atoms with Crippen LogP contribution in [0.15, 0.2) is 34.7 Å². The zero-order chi connectivity index (χ0) is 25.0. The number of rotatable bonds is 6. The first-order valence-electron chi connectivity index (χ1n) is 9.72. The van der Waals surface area contributed by atoms with Crippen LogP contribution in [-0.2, 0) is 9.47 Å². The number of thiophene rings is 1. The van der Waals surface area contributed by atoms with Gasteiger partial charge in [0.1, 0.15) is 15.6 Å². The van der Waals surface area contributed by atoms with Crippen LogP contribution in [0.2, 0.25) is 10.0 Å². The van der Waals surface area contributed by atoms with E-state index in [1.807, 2.05) is 0 Å². The molecule has 0 saturated heterocycles. The number of nitrogens with one attached hydrogen (secondary N) is 2. The van der Waals surface area contributed by atoms with E-state index in [2.05, 4.69) is 10.6 Å². The van der Waals surface area contributed by atoms with Crippen LogP contribution in [0.1, 0.15) is 43.1 Å². The maximum atomic E-state index is 12.6. The van der Waals surface area contributed by atoms with Crippen LogP contribution >= 0.6 is 46.8 Å². The quantitative estimate of drug-likeness (QED) is 0.302. The van der Waals surface area contributed by atoms with Crippen molar-refractivity contribution in [3.63, 3.8) is 0 Å². The first-order chi connectivity index (χ1) is 16.2. The normalized spacial score (nSPS) is 10.5. The van der Waals surface area contributed by atoms with Gasteiger partial charge in [0, 0.05) is 5.56 Å². The number of hydrogen-bond acceptors (Lipinski definition) is 8. The second-order valence-electron chi connectivity index (χ2n) is 6.67. The zero-order valence-electron chi connectivity index (χ0n) is 18.1. The number of amides is 1. The topological polar surface area (TPSA) is 107 Å². The molecule has 0 saturated carbocycles. The largest absolute Gasteiger partial charge is 0.465 e. The van der Waals surface area contributed by atoms with Crippen LogP contribution in [-0.4, -0.2) is 36.7 Å². The number of methoxy groups -OCH3 is 1. The molecule has 0 radical (unpaired) electrons. The summed E-state index contributed by atoms with van der Waals surface area (Å²) in [6.07, 6.45) is 0. The van der Waals surface area contributed by atoms with Crippen LogP contribution < -0.4 is 10.6 Å². The number of anilines is 1. The summed E-state index contributed by atoms with van der Waals surface area (Å²) in [5.74, 6) is -1.47. The van der Waals surface area contributed by atoms with Crippen molar-refractivity contribution in [2.75, 3.05) is 19.0 Å². The van der Waals surface area contributed by atoms with Crippen LogP contribution in [0.5, 0.6) is 0 Å². The standard InChI is InChI=1S/C22H18Cl2N2O6S2/c1-4-31-20(28)16-10(2)17(21(29)30-3)34-19(16)26-22(33)25-18(27)15-8-7-14(32-15)11-5-6-12(23)13(24)9-11/h5-9H,4H2,1-3H3,(H2,25,26,27,33). The van der Waals surface area contributed by atoms with Gasteiger partial charge in [0.25, 0.3) is 5.91 Å². The molecule has 0 aliphatic heterocycles. The number of benzene rings is 1. The summed E-state index contributed by atoms with van der Waals surface area (Å²) in [4.78, 5) is 37.3. The van der Waals surface area contributed by atoms with Gasteiger partial charge >= 0.3 is 11.9 Å². The van der Waals surface area contributed by atoms with Gasteiger partial charge in [-0.1, -0.05) is 23.2 Å². The van der Waals surface area contributed by atoms with Crippen molar-refractivity contribution in [1.82, 2.24) is 5.32 Å². The number of esters is 2. The molecule has 178 valence electrons. The van der Waals surface area contributed by atoms with E-state index in [0.717, 1.165) is 11.3 Å². The van der Waals surface area contributed by atoms with Gasteiger partial charge in [0.05, 0.1) is 29.3 Å². The lowest BCUT2D eigenvalue weighted by molar-refractivity contribution is 0.0527. The number of ether oxygens (including phenoxy) is 2. The Labute approximate surface area is 214 Å². The Kier molecular flexibility index (Phi) is 8.32. The van der Waals surface area contributed by atoms with E-state index < -0.39 is 17.8 Å². The molecule has 0 aliphatic carbocycles. The average molecular weight is 541 g/mol. The Morgan fingerprint density at radius 2 is 1.85 bits per heavy atom. The summed E-state index contributed by atoms with van der Waals surface area (Å²) in [5.41, 5.74) is 1.14. The van der Waals surface area contributed by atoms with Crippen LogP contribution in [0.4, 0.5) is 5.00 Å². The van der Waals surface area contributed by atoms with Crippen LogP contribution in [0.25, 0.3) is 11.3 Å². The Bertz CT molecular complexity index is 1280. The lowest BCUT2D eigenvalue weighted by Gasteiger charge is -2.09.